The number of hydrogen-bond acceptors (Lipinski definition) is 4. The number of benzene rings is 1. The van der Waals surface area contributed by atoms with Crippen LogP contribution in [0.5, 0.6) is 0 Å². The Labute approximate surface area is 105 Å². The maximum Gasteiger partial charge on any atom is 0.323 e. The molecule has 0 saturated carbocycles. The molecule has 2 atom stereocenters. The second-order valence-corrected chi connectivity index (χ2v) is 4.48. The van der Waals surface area contributed by atoms with Crippen molar-refractivity contribution in [1.82, 2.24) is 4.90 Å². The second-order valence-electron chi connectivity index (χ2n) is 4.48. The Morgan fingerprint density at radius 2 is 2.17 bits per heavy atom. The van der Waals surface area contributed by atoms with E-state index in [1.165, 1.54) is 19.2 Å². The van der Waals surface area contributed by atoms with E-state index in [0.29, 0.717) is 19.5 Å². The van der Waals surface area contributed by atoms with Gasteiger partial charge in [0.15, 0.2) is 0 Å². The third kappa shape index (κ3) is 2.86. The first-order chi connectivity index (χ1) is 8.60. The Bertz CT molecular complexity index is 421. The van der Waals surface area contributed by atoms with E-state index in [1.807, 2.05) is 4.90 Å². The Kier molecular flexibility index (Phi) is 3.93. The number of esters is 1. The topological polar surface area (TPSA) is 49.8 Å². The summed E-state index contributed by atoms with van der Waals surface area (Å²) < 4.78 is 17.5. The number of methoxy groups -OCH3 is 1. The number of hydrogen-bond donors (Lipinski definition) is 1. The molecule has 0 aliphatic carbocycles. The molecule has 1 aliphatic rings. The van der Waals surface area contributed by atoms with Crippen LogP contribution in [-0.4, -0.2) is 41.8 Å². The monoisotopic (exact) mass is 253 g/mol. The minimum Gasteiger partial charge on any atom is -0.468 e. The van der Waals surface area contributed by atoms with Crippen molar-refractivity contribution >= 4 is 5.97 Å². The van der Waals surface area contributed by atoms with Gasteiger partial charge in [0.1, 0.15) is 11.9 Å². The largest absolute Gasteiger partial charge is 0.468 e. The van der Waals surface area contributed by atoms with E-state index in [0.717, 1.165) is 5.56 Å². The number of β-amino-alcohol motifs (C(OH)–C–C–N with tert-alkyl or cyclic N) is 1. The lowest BCUT2D eigenvalue weighted by molar-refractivity contribution is -0.146. The van der Waals surface area contributed by atoms with Crippen molar-refractivity contribution in [3.05, 3.63) is 35.6 Å². The number of carbonyl (C=O) groups excluding carboxylic acids is 1. The lowest BCUT2D eigenvalue weighted by atomic mass is 10.1. The fourth-order valence-corrected chi connectivity index (χ4v) is 2.26. The minimum absolute atomic E-state index is 0.287. The lowest BCUT2D eigenvalue weighted by Crippen LogP contribution is -2.36. The molecule has 4 nitrogen and oxygen atoms in total. The number of aliphatic hydroxyl groups is 1. The zero-order valence-electron chi connectivity index (χ0n) is 10.2. The van der Waals surface area contributed by atoms with E-state index < -0.39 is 12.1 Å². The van der Waals surface area contributed by atoms with Crippen LogP contribution >= 0.6 is 0 Å². The molecule has 0 bridgehead atoms. The van der Waals surface area contributed by atoms with Crippen molar-refractivity contribution in [1.29, 1.82) is 0 Å². The summed E-state index contributed by atoms with van der Waals surface area (Å²) in [5.41, 5.74) is 0.902. The van der Waals surface area contributed by atoms with Crippen LogP contribution in [0.25, 0.3) is 0 Å². The summed E-state index contributed by atoms with van der Waals surface area (Å²) in [5.74, 6) is -0.626. The molecule has 2 rings (SSSR count). The van der Waals surface area contributed by atoms with Crippen LogP contribution in [0.2, 0.25) is 0 Å². The van der Waals surface area contributed by atoms with Crippen molar-refractivity contribution in [2.45, 2.75) is 25.1 Å². The highest BCUT2D eigenvalue weighted by molar-refractivity contribution is 5.76. The van der Waals surface area contributed by atoms with E-state index in [2.05, 4.69) is 0 Å². The molecule has 0 aromatic heterocycles. The Morgan fingerprint density at radius 3 is 2.78 bits per heavy atom. The van der Waals surface area contributed by atoms with E-state index in [4.69, 9.17) is 4.74 Å². The summed E-state index contributed by atoms with van der Waals surface area (Å²) in [6.45, 7) is 0.925. The second kappa shape index (κ2) is 5.46. The Balaban J connectivity index is 2.07. The smallest absolute Gasteiger partial charge is 0.323 e. The molecule has 0 amide bonds. The lowest BCUT2D eigenvalue weighted by Gasteiger charge is -2.21. The molecule has 5 heteroatoms. The van der Waals surface area contributed by atoms with Crippen LogP contribution < -0.4 is 0 Å². The van der Waals surface area contributed by atoms with Gasteiger partial charge in [0.2, 0.25) is 0 Å². The van der Waals surface area contributed by atoms with Crippen LogP contribution in [-0.2, 0) is 16.1 Å². The molecule has 18 heavy (non-hydrogen) atoms. The highest BCUT2D eigenvalue weighted by atomic mass is 19.1. The molecule has 1 N–H and O–H groups in total. The van der Waals surface area contributed by atoms with E-state index in [9.17, 15) is 14.3 Å². The molecule has 1 aromatic carbocycles. The summed E-state index contributed by atoms with van der Waals surface area (Å²) >= 11 is 0. The van der Waals surface area contributed by atoms with Gasteiger partial charge >= 0.3 is 5.97 Å². The van der Waals surface area contributed by atoms with Crippen LogP contribution in [0.3, 0.4) is 0 Å². The maximum atomic E-state index is 12.8. The quantitative estimate of drug-likeness (QED) is 0.814. The molecule has 1 aromatic rings. The summed E-state index contributed by atoms with van der Waals surface area (Å²) in [4.78, 5) is 13.4. The SMILES string of the molecule is COC(=O)[C@@H]1C[C@@H](O)CN1Cc1ccc(F)cc1. The van der Waals surface area contributed by atoms with Crippen molar-refractivity contribution in [2.24, 2.45) is 0 Å². The number of ether oxygens (including phenoxy) is 1. The van der Waals surface area contributed by atoms with Gasteiger partial charge in [0.25, 0.3) is 0 Å². The molecular weight excluding hydrogens is 237 g/mol. The molecule has 0 spiro atoms. The van der Waals surface area contributed by atoms with Gasteiger partial charge in [-0.1, -0.05) is 12.1 Å². The summed E-state index contributed by atoms with van der Waals surface area (Å²) in [7, 11) is 1.34. The van der Waals surface area contributed by atoms with Gasteiger partial charge in [-0.05, 0) is 17.7 Å². The van der Waals surface area contributed by atoms with Crippen LogP contribution in [0.1, 0.15) is 12.0 Å². The summed E-state index contributed by atoms with van der Waals surface area (Å²) in [6, 6.07) is 5.70. The van der Waals surface area contributed by atoms with Crippen LogP contribution in [0.15, 0.2) is 24.3 Å². The molecule has 98 valence electrons. The summed E-state index contributed by atoms with van der Waals surface area (Å²) in [5, 5.41) is 9.63. The number of aliphatic hydroxyl groups excluding tert-OH is 1. The van der Waals surface area contributed by atoms with Crippen molar-refractivity contribution in [3.8, 4) is 0 Å². The van der Waals surface area contributed by atoms with Crippen molar-refractivity contribution in [2.75, 3.05) is 13.7 Å². The third-order valence-electron chi connectivity index (χ3n) is 3.15. The predicted molar refractivity (Wildman–Crippen MR) is 63.2 cm³/mol. The zero-order chi connectivity index (χ0) is 13.1. The highest BCUT2D eigenvalue weighted by Crippen LogP contribution is 2.21. The molecule has 1 heterocycles. The number of likely N-dealkylation sites (tertiary alicyclic amines) is 1. The number of halogens is 1. The van der Waals surface area contributed by atoms with Gasteiger partial charge in [-0.25, -0.2) is 4.39 Å². The van der Waals surface area contributed by atoms with Crippen molar-refractivity contribution < 1.29 is 19.0 Å². The first-order valence-electron chi connectivity index (χ1n) is 5.84. The molecule has 1 aliphatic heterocycles. The van der Waals surface area contributed by atoms with E-state index in [-0.39, 0.29) is 11.8 Å². The number of carbonyl (C=O) groups is 1. The van der Waals surface area contributed by atoms with Crippen molar-refractivity contribution in [3.63, 3.8) is 0 Å². The maximum absolute atomic E-state index is 12.8. The van der Waals surface area contributed by atoms with Gasteiger partial charge in [0, 0.05) is 19.5 Å². The molecule has 0 unspecified atom stereocenters. The number of rotatable bonds is 3. The van der Waals surface area contributed by atoms with Gasteiger partial charge in [0.05, 0.1) is 13.2 Å². The van der Waals surface area contributed by atoms with Gasteiger partial charge < -0.3 is 9.84 Å². The average molecular weight is 253 g/mol. The first-order valence-corrected chi connectivity index (χ1v) is 5.84. The fourth-order valence-electron chi connectivity index (χ4n) is 2.26. The Hall–Kier alpha value is -1.46. The predicted octanol–water partition coefficient (Wildman–Crippen LogP) is 0.934. The Morgan fingerprint density at radius 1 is 1.50 bits per heavy atom. The molecular formula is C13H16FNO3. The van der Waals surface area contributed by atoms with E-state index in [1.54, 1.807) is 12.1 Å². The molecule has 0 radical (unpaired) electrons. The van der Waals surface area contributed by atoms with Crippen LogP contribution in [0, 0.1) is 5.82 Å². The van der Waals surface area contributed by atoms with E-state index >= 15 is 0 Å². The number of nitrogens with zero attached hydrogens (tertiary/aromatic N) is 1. The normalized spacial score (nSPS) is 24.2. The van der Waals surface area contributed by atoms with Crippen LogP contribution in [0.4, 0.5) is 4.39 Å². The fraction of sp³-hybridized carbons (Fsp3) is 0.462. The summed E-state index contributed by atoms with van der Waals surface area (Å²) in [6.07, 6.45) is -0.136. The van der Waals surface area contributed by atoms with Gasteiger partial charge in [-0.3, -0.25) is 9.69 Å². The van der Waals surface area contributed by atoms with Gasteiger partial charge in [-0.2, -0.15) is 0 Å². The third-order valence-corrected chi connectivity index (χ3v) is 3.15. The molecule has 1 saturated heterocycles. The zero-order valence-corrected chi connectivity index (χ0v) is 10.2. The average Bonchev–Trinajstić information content (AvgIpc) is 2.72. The highest BCUT2D eigenvalue weighted by Gasteiger charge is 2.36. The van der Waals surface area contributed by atoms with Gasteiger partial charge in [-0.15, -0.1) is 0 Å². The first kappa shape index (κ1) is 13.0. The standard InChI is InChI=1S/C13H16FNO3/c1-18-13(17)12-6-11(16)8-15(12)7-9-2-4-10(14)5-3-9/h2-5,11-12,16H,6-8H2,1H3/t11-,12+/m1/s1. The minimum atomic E-state index is -0.519. The molecule has 1 fully saturated rings.